The first kappa shape index (κ1) is 19.9. The minimum Gasteiger partial charge on any atom is -0.454 e. The number of fused-ring (bicyclic) bond motifs is 2. The standard InChI is InChI=1S/C20H24N6O5/c27-4-3-21-19-18-20(23-10-22-19)26(11-24-18)17-8-25(7-14(9-28)31-17)6-13-1-2-15-16(5-13)30-12-29-15/h1-2,5,10-11,14,17,27-28H,3-4,6-9,12H2,(H,21,22,23)/t14-,17+/m0/s1. The maximum atomic E-state index is 9.80. The molecule has 1 saturated heterocycles. The van der Waals surface area contributed by atoms with Gasteiger partial charge in [-0.1, -0.05) is 6.07 Å². The van der Waals surface area contributed by atoms with Gasteiger partial charge in [-0.3, -0.25) is 9.47 Å². The van der Waals surface area contributed by atoms with Gasteiger partial charge in [-0.2, -0.15) is 0 Å². The average molecular weight is 428 g/mol. The van der Waals surface area contributed by atoms with Crippen LogP contribution in [0.3, 0.4) is 0 Å². The number of imidazole rings is 1. The first-order chi connectivity index (χ1) is 15.2. The van der Waals surface area contributed by atoms with Gasteiger partial charge in [-0.15, -0.1) is 0 Å². The van der Waals surface area contributed by atoms with Crippen molar-refractivity contribution in [1.82, 2.24) is 24.4 Å². The number of nitrogens with zero attached hydrogens (tertiary/aromatic N) is 5. The minimum atomic E-state index is -0.370. The number of aliphatic hydroxyl groups is 2. The largest absolute Gasteiger partial charge is 0.454 e. The molecule has 11 nitrogen and oxygen atoms in total. The van der Waals surface area contributed by atoms with Gasteiger partial charge in [0.1, 0.15) is 12.6 Å². The summed E-state index contributed by atoms with van der Waals surface area (Å²) in [5.74, 6) is 2.07. The Balaban J connectivity index is 1.38. The number of benzene rings is 1. The van der Waals surface area contributed by atoms with Crippen LogP contribution in [0.4, 0.5) is 5.82 Å². The van der Waals surface area contributed by atoms with E-state index in [1.807, 2.05) is 22.8 Å². The molecular weight excluding hydrogens is 404 g/mol. The normalized spacial score (nSPS) is 21.0. The molecule has 2 aliphatic heterocycles. The van der Waals surface area contributed by atoms with Crippen molar-refractivity contribution in [1.29, 1.82) is 0 Å². The first-order valence-electron chi connectivity index (χ1n) is 10.1. The number of morpholine rings is 1. The maximum Gasteiger partial charge on any atom is 0.231 e. The fourth-order valence-electron chi connectivity index (χ4n) is 3.94. The van der Waals surface area contributed by atoms with E-state index in [0.717, 1.165) is 17.1 Å². The second-order valence-corrected chi connectivity index (χ2v) is 7.47. The van der Waals surface area contributed by atoms with Gasteiger partial charge in [0.15, 0.2) is 28.5 Å². The molecule has 164 valence electrons. The molecule has 0 radical (unpaired) electrons. The molecule has 11 heteroatoms. The smallest absolute Gasteiger partial charge is 0.231 e. The van der Waals surface area contributed by atoms with E-state index in [1.165, 1.54) is 6.33 Å². The minimum absolute atomic E-state index is 0.00899. The molecule has 31 heavy (non-hydrogen) atoms. The van der Waals surface area contributed by atoms with Crippen LogP contribution >= 0.6 is 0 Å². The topological polar surface area (TPSA) is 127 Å². The third kappa shape index (κ3) is 4.00. The van der Waals surface area contributed by atoms with Crippen molar-refractivity contribution in [3.63, 3.8) is 0 Å². The molecule has 1 aromatic carbocycles. The molecule has 3 N–H and O–H groups in total. The molecule has 0 bridgehead atoms. The Morgan fingerprint density at radius 1 is 1.10 bits per heavy atom. The van der Waals surface area contributed by atoms with E-state index in [-0.39, 0.29) is 32.3 Å². The highest BCUT2D eigenvalue weighted by Gasteiger charge is 2.30. The van der Waals surface area contributed by atoms with Crippen molar-refractivity contribution < 1.29 is 24.4 Å². The van der Waals surface area contributed by atoms with Crippen LogP contribution in [0.2, 0.25) is 0 Å². The fourth-order valence-corrected chi connectivity index (χ4v) is 3.94. The number of anilines is 1. The lowest BCUT2D eigenvalue weighted by molar-refractivity contribution is -0.135. The van der Waals surface area contributed by atoms with Gasteiger partial charge in [0, 0.05) is 26.2 Å². The van der Waals surface area contributed by atoms with Crippen LogP contribution in [-0.2, 0) is 11.3 Å². The van der Waals surface area contributed by atoms with Crippen LogP contribution < -0.4 is 14.8 Å². The van der Waals surface area contributed by atoms with E-state index in [9.17, 15) is 5.11 Å². The number of hydrogen-bond acceptors (Lipinski definition) is 10. The van der Waals surface area contributed by atoms with Crippen molar-refractivity contribution in [3.8, 4) is 11.5 Å². The zero-order chi connectivity index (χ0) is 21.2. The Morgan fingerprint density at radius 3 is 2.87 bits per heavy atom. The molecule has 2 aromatic heterocycles. The monoisotopic (exact) mass is 428 g/mol. The predicted molar refractivity (Wildman–Crippen MR) is 110 cm³/mol. The lowest BCUT2D eigenvalue weighted by Gasteiger charge is -2.37. The van der Waals surface area contributed by atoms with Gasteiger partial charge in [0.05, 0.1) is 25.6 Å². The number of ether oxygens (including phenoxy) is 3. The highest BCUT2D eigenvalue weighted by atomic mass is 16.7. The zero-order valence-corrected chi connectivity index (χ0v) is 16.8. The number of rotatable bonds is 7. The van der Waals surface area contributed by atoms with Crippen molar-refractivity contribution in [2.45, 2.75) is 18.9 Å². The van der Waals surface area contributed by atoms with Crippen LogP contribution in [0.5, 0.6) is 11.5 Å². The maximum absolute atomic E-state index is 9.80. The van der Waals surface area contributed by atoms with Gasteiger partial charge >= 0.3 is 0 Å². The lowest BCUT2D eigenvalue weighted by Crippen LogP contribution is -2.46. The van der Waals surface area contributed by atoms with Crippen molar-refractivity contribution in [2.24, 2.45) is 0 Å². The van der Waals surface area contributed by atoms with Crippen LogP contribution in [-0.4, -0.2) is 80.4 Å². The quantitative estimate of drug-likeness (QED) is 0.485. The second kappa shape index (κ2) is 8.63. The van der Waals surface area contributed by atoms with Crippen LogP contribution in [0.15, 0.2) is 30.9 Å². The van der Waals surface area contributed by atoms with Gasteiger partial charge < -0.3 is 29.7 Å². The SMILES string of the molecule is OCCNc1ncnc2c1ncn2[C@H]1CN(Cc2ccc3c(c2)OCO3)C[C@@H](CO)O1. The van der Waals surface area contributed by atoms with E-state index in [2.05, 4.69) is 25.2 Å². The number of aromatic nitrogens is 4. The fraction of sp³-hybridized carbons (Fsp3) is 0.450. The molecule has 5 rings (SSSR count). The summed E-state index contributed by atoms with van der Waals surface area (Å²) in [6, 6.07) is 5.92. The Bertz CT molecular complexity index is 1060. The lowest BCUT2D eigenvalue weighted by atomic mass is 10.1. The van der Waals surface area contributed by atoms with Crippen LogP contribution in [0.1, 0.15) is 11.8 Å². The summed E-state index contributed by atoms with van der Waals surface area (Å²) in [5.41, 5.74) is 2.32. The number of aliphatic hydroxyl groups excluding tert-OH is 2. The summed E-state index contributed by atoms with van der Waals surface area (Å²) >= 11 is 0. The van der Waals surface area contributed by atoms with Crippen molar-refractivity contribution >= 4 is 17.0 Å². The zero-order valence-electron chi connectivity index (χ0n) is 16.8. The third-order valence-corrected chi connectivity index (χ3v) is 5.35. The molecule has 2 atom stereocenters. The Labute approximate surface area is 178 Å². The van der Waals surface area contributed by atoms with Gasteiger partial charge in [0.2, 0.25) is 6.79 Å². The molecule has 1 fully saturated rings. The van der Waals surface area contributed by atoms with Crippen LogP contribution in [0.25, 0.3) is 11.2 Å². The van der Waals surface area contributed by atoms with E-state index < -0.39 is 0 Å². The van der Waals surface area contributed by atoms with Gasteiger partial charge in [-0.25, -0.2) is 15.0 Å². The van der Waals surface area contributed by atoms with E-state index in [1.54, 1.807) is 6.33 Å². The molecule has 4 heterocycles. The molecule has 0 saturated carbocycles. The second-order valence-electron chi connectivity index (χ2n) is 7.47. The van der Waals surface area contributed by atoms with Gasteiger partial charge in [-0.05, 0) is 17.7 Å². The highest BCUT2D eigenvalue weighted by molar-refractivity contribution is 5.82. The van der Waals surface area contributed by atoms with Gasteiger partial charge in [0.25, 0.3) is 0 Å². The molecule has 0 aliphatic carbocycles. The van der Waals surface area contributed by atoms with E-state index >= 15 is 0 Å². The average Bonchev–Trinajstić information content (AvgIpc) is 3.44. The summed E-state index contributed by atoms with van der Waals surface area (Å²) in [6.45, 7) is 2.40. The van der Waals surface area contributed by atoms with Crippen molar-refractivity contribution in [3.05, 3.63) is 36.4 Å². The summed E-state index contributed by atoms with van der Waals surface area (Å²) < 4.78 is 18.8. The summed E-state index contributed by atoms with van der Waals surface area (Å²) in [4.78, 5) is 15.3. The molecule has 2 aliphatic rings. The predicted octanol–water partition coefficient (Wildman–Crippen LogP) is 0.351. The Kier molecular flexibility index (Phi) is 5.55. The van der Waals surface area contributed by atoms with Crippen LogP contribution in [0, 0.1) is 0 Å². The summed E-state index contributed by atoms with van der Waals surface area (Å²) in [7, 11) is 0. The highest BCUT2D eigenvalue weighted by Crippen LogP contribution is 2.33. The van der Waals surface area contributed by atoms with E-state index in [4.69, 9.17) is 19.3 Å². The first-order valence-corrected chi connectivity index (χ1v) is 10.1. The Morgan fingerprint density at radius 2 is 2.00 bits per heavy atom. The molecule has 0 amide bonds. The third-order valence-electron chi connectivity index (χ3n) is 5.35. The molecular formula is C20H24N6O5. The molecule has 0 unspecified atom stereocenters. The summed E-state index contributed by atoms with van der Waals surface area (Å²) in [6.07, 6.45) is 2.42. The van der Waals surface area contributed by atoms with Crippen molar-refractivity contribution in [2.75, 3.05) is 45.0 Å². The summed E-state index contributed by atoms with van der Waals surface area (Å²) in [5, 5.41) is 21.9. The molecule has 3 aromatic rings. The molecule has 0 spiro atoms. The number of nitrogens with one attached hydrogen (secondary N) is 1. The van der Waals surface area contributed by atoms with E-state index in [0.29, 0.717) is 43.2 Å². The Hall–Kier alpha value is -2.99. The number of hydrogen-bond donors (Lipinski definition) is 3.